The Morgan fingerprint density at radius 3 is 2.00 bits per heavy atom. The molecule has 1 heterocycles. The predicted molar refractivity (Wildman–Crippen MR) is 52.3 cm³/mol. The van der Waals surface area contributed by atoms with E-state index in [-0.39, 0.29) is 11.4 Å². The Balaban J connectivity index is 2.66. The summed E-state index contributed by atoms with van der Waals surface area (Å²) in [7, 11) is 0. The number of nitrogens with zero attached hydrogens (tertiary/aromatic N) is 2. The minimum absolute atomic E-state index is 0.136. The first kappa shape index (κ1) is 12.7. The van der Waals surface area contributed by atoms with Crippen LogP contribution < -0.4 is 4.74 Å². The Bertz CT molecular complexity index is 341. The van der Waals surface area contributed by atoms with E-state index in [2.05, 4.69) is 14.7 Å². The zero-order valence-electron chi connectivity index (χ0n) is 9.30. The van der Waals surface area contributed by atoms with Crippen LogP contribution in [0.3, 0.4) is 0 Å². The first-order valence-corrected chi connectivity index (χ1v) is 4.70. The van der Waals surface area contributed by atoms with Crippen LogP contribution in [-0.4, -0.2) is 22.8 Å². The molecule has 0 spiro atoms. The Morgan fingerprint density at radius 2 is 1.62 bits per heavy atom. The van der Waals surface area contributed by atoms with Gasteiger partial charge in [0.05, 0.1) is 0 Å². The van der Waals surface area contributed by atoms with Crippen molar-refractivity contribution in [1.29, 1.82) is 0 Å². The van der Waals surface area contributed by atoms with Crippen molar-refractivity contribution >= 4 is 0 Å². The maximum absolute atomic E-state index is 11.8. The normalized spacial score (nSPS) is 12.6. The second-order valence-electron chi connectivity index (χ2n) is 4.41. The van der Waals surface area contributed by atoms with Crippen LogP contribution in [0.2, 0.25) is 0 Å². The fourth-order valence-corrected chi connectivity index (χ4v) is 0.924. The van der Waals surface area contributed by atoms with Crippen molar-refractivity contribution < 1.29 is 17.9 Å². The van der Waals surface area contributed by atoms with Crippen LogP contribution in [0.4, 0.5) is 13.2 Å². The third-order valence-corrected chi connectivity index (χ3v) is 1.86. The first-order valence-electron chi connectivity index (χ1n) is 4.70. The Kier molecular flexibility index (Phi) is 3.40. The number of hydrogen-bond acceptors (Lipinski definition) is 3. The number of ether oxygens (including phenoxy) is 1. The van der Waals surface area contributed by atoms with Gasteiger partial charge in [0.15, 0.2) is 6.61 Å². The summed E-state index contributed by atoms with van der Waals surface area (Å²) in [6.07, 6.45) is -1.43. The number of aromatic nitrogens is 2. The average Bonchev–Trinajstić information content (AvgIpc) is 2.13. The van der Waals surface area contributed by atoms with Gasteiger partial charge in [-0.2, -0.15) is 13.2 Å². The highest BCUT2D eigenvalue weighted by Crippen LogP contribution is 2.21. The lowest BCUT2D eigenvalue weighted by Gasteiger charge is -2.17. The fourth-order valence-electron chi connectivity index (χ4n) is 0.924. The highest BCUT2D eigenvalue weighted by Gasteiger charge is 2.29. The molecule has 0 fully saturated rings. The van der Waals surface area contributed by atoms with Crippen LogP contribution in [0.1, 0.15) is 26.3 Å². The van der Waals surface area contributed by atoms with Gasteiger partial charge in [-0.25, -0.2) is 9.97 Å². The van der Waals surface area contributed by atoms with Gasteiger partial charge in [-0.1, -0.05) is 20.8 Å². The Labute approximate surface area is 91.7 Å². The van der Waals surface area contributed by atoms with Crippen molar-refractivity contribution in [3.63, 3.8) is 0 Å². The molecule has 0 aliphatic heterocycles. The molecule has 3 nitrogen and oxygen atoms in total. The summed E-state index contributed by atoms with van der Waals surface area (Å²) in [5.41, 5.74) is 0.703. The monoisotopic (exact) mass is 234 g/mol. The van der Waals surface area contributed by atoms with Crippen LogP contribution in [0.5, 0.6) is 6.01 Å². The average molecular weight is 234 g/mol. The van der Waals surface area contributed by atoms with Gasteiger partial charge in [-0.3, -0.25) is 0 Å². The Morgan fingerprint density at radius 1 is 1.12 bits per heavy atom. The molecule has 0 aliphatic rings. The summed E-state index contributed by atoms with van der Waals surface area (Å²) in [6, 6.07) is -0.259. The number of alkyl halides is 3. The summed E-state index contributed by atoms with van der Waals surface area (Å²) in [5.74, 6) is 0. The van der Waals surface area contributed by atoms with Crippen LogP contribution in [-0.2, 0) is 5.41 Å². The van der Waals surface area contributed by atoms with Crippen molar-refractivity contribution in [3.05, 3.63) is 18.0 Å². The minimum Gasteiger partial charge on any atom is -0.454 e. The molecule has 0 atom stereocenters. The molecule has 0 saturated heterocycles. The van der Waals surface area contributed by atoms with E-state index < -0.39 is 12.8 Å². The quantitative estimate of drug-likeness (QED) is 0.789. The maximum atomic E-state index is 11.8. The molecule has 0 unspecified atom stereocenters. The molecule has 0 radical (unpaired) electrons. The number of halogens is 3. The molecule has 1 rings (SSSR count). The third-order valence-electron chi connectivity index (χ3n) is 1.86. The van der Waals surface area contributed by atoms with Crippen molar-refractivity contribution in [3.8, 4) is 6.01 Å². The first-order chi connectivity index (χ1) is 7.18. The number of rotatable bonds is 2. The van der Waals surface area contributed by atoms with E-state index in [0.29, 0.717) is 0 Å². The smallest absolute Gasteiger partial charge is 0.422 e. The summed E-state index contributed by atoms with van der Waals surface area (Å²) in [6.45, 7) is 4.51. The molecule has 0 N–H and O–H groups in total. The maximum Gasteiger partial charge on any atom is 0.422 e. The molecule has 1 aromatic heterocycles. The topological polar surface area (TPSA) is 35.0 Å². The lowest BCUT2D eigenvalue weighted by Crippen LogP contribution is -2.20. The van der Waals surface area contributed by atoms with Gasteiger partial charge in [-0.05, 0) is 11.0 Å². The van der Waals surface area contributed by atoms with Crippen molar-refractivity contribution in [1.82, 2.24) is 9.97 Å². The second-order valence-corrected chi connectivity index (χ2v) is 4.41. The second kappa shape index (κ2) is 4.27. The van der Waals surface area contributed by atoms with Gasteiger partial charge in [0.2, 0.25) is 0 Å². The molecule has 1 aromatic rings. The lowest BCUT2D eigenvalue weighted by molar-refractivity contribution is -0.154. The molecule has 0 aliphatic carbocycles. The molecular weight excluding hydrogens is 221 g/mol. The van der Waals surface area contributed by atoms with Crippen molar-refractivity contribution in [2.75, 3.05) is 6.61 Å². The molecule has 16 heavy (non-hydrogen) atoms. The van der Waals surface area contributed by atoms with E-state index in [1.165, 1.54) is 12.4 Å². The highest BCUT2D eigenvalue weighted by atomic mass is 19.4. The van der Waals surface area contributed by atoms with Gasteiger partial charge < -0.3 is 4.74 Å². The molecule has 6 heteroatoms. The molecule has 0 bridgehead atoms. The highest BCUT2D eigenvalue weighted by molar-refractivity contribution is 5.16. The third kappa shape index (κ3) is 4.04. The summed E-state index contributed by atoms with van der Waals surface area (Å²) in [4.78, 5) is 7.43. The summed E-state index contributed by atoms with van der Waals surface area (Å²) >= 11 is 0. The summed E-state index contributed by atoms with van der Waals surface area (Å²) < 4.78 is 39.9. The van der Waals surface area contributed by atoms with Crippen LogP contribution in [0, 0.1) is 0 Å². The zero-order chi connectivity index (χ0) is 12.4. The lowest BCUT2D eigenvalue weighted by atomic mass is 9.89. The molecule has 0 aromatic carbocycles. The van der Waals surface area contributed by atoms with Crippen molar-refractivity contribution in [2.24, 2.45) is 0 Å². The van der Waals surface area contributed by atoms with Crippen LogP contribution >= 0.6 is 0 Å². The van der Waals surface area contributed by atoms with Gasteiger partial charge >= 0.3 is 12.2 Å². The Hall–Kier alpha value is -1.33. The van der Waals surface area contributed by atoms with E-state index in [9.17, 15) is 13.2 Å². The SMILES string of the molecule is CC(C)(C)c1cnc(OCC(F)(F)F)nc1. The van der Waals surface area contributed by atoms with Gasteiger partial charge in [-0.15, -0.1) is 0 Å². The van der Waals surface area contributed by atoms with Gasteiger partial charge in [0, 0.05) is 12.4 Å². The molecule has 0 saturated carbocycles. The molecule has 90 valence electrons. The molecular formula is C10H13F3N2O. The number of hydrogen-bond donors (Lipinski definition) is 0. The zero-order valence-corrected chi connectivity index (χ0v) is 9.30. The van der Waals surface area contributed by atoms with Crippen LogP contribution in [0.25, 0.3) is 0 Å². The van der Waals surface area contributed by atoms with E-state index >= 15 is 0 Å². The van der Waals surface area contributed by atoms with Gasteiger partial charge in [0.1, 0.15) is 0 Å². The van der Waals surface area contributed by atoms with Gasteiger partial charge in [0.25, 0.3) is 0 Å². The van der Waals surface area contributed by atoms with Crippen molar-refractivity contribution in [2.45, 2.75) is 32.4 Å². The van der Waals surface area contributed by atoms with E-state index in [4.69, 9.17) is 0 Å². The van der Waals surface area contributed by atoms with E-state index in [1.54, 1.807) is 0 Å². The van der Waals surface area contributed by atoms with E-state index in [1.807, 2.05) is 20.8 Å². The van der Waals surface area contributed by atoms with E-state index in [0.717, 1.165) is 5.56 Å². The molecule has 0 amide bonds. The van der Waals surface area contributed by atoms with Crippen LogP contribution in [0.15, 0.2) is 12.4 Å². The largest absolute Gasteiger partial charge is 0.454 e. The standard InChI is InChI=1S/C10H13F3N2O/c1-9(2,3)7-4-14-8(15-5-7)16-6-10(11,12)13/h4-5H,6H2,1-3H3. The fraction of sp³-hybridized carbons (Fsp3) is 0.600. The summed E-state index contributed by atoms with van der Waals surface area (Å²) in [5, 5.41) is 0. The predicted octanol–water partition coefficient (Wildman–Crippen LogP) is 2.72. The minimum atomic E-state index is -4.37.